The predicted octanol–water partition coefficient (Wildman–Crippen LogP) is 2.10. The minimum absolute atomic E-state index is 0.882. The van der Waals surface area contributed by atoms with Gasteiger partial charge in [0.1, 0.15) is 0 Å². The van der Waals surface area contributed by atoms with Gasteiger partial charge in [-0.15, -0.1) is 23.7 Å². The number of hydrogen-bond donors (Lipinski definition) is 1. The average Bonchev–Trinajstić information content (AvgIpc) is 2.72. The van der Waals surface area contributed by atoms with Crippen molar-refractivity contribution in [2.75, 3.05) is 25.5 Å². The SMILES string of the molecule is C#CCCCCNCc1cnc(N(C)C)s1. The van der Waals surface area contributed by atoms with Crippen LogP contribution in [0.3, 0.4) is 0 Å². The quantitative estimate of drug-likeness (QED) is 0.581. The lowest BCUT2D eigenvalue weighted by molar-refractivity contribution is 0.633. The lowest BCUT2D eigenvalue weighted by atomic mass is 10.2. The number of aromatic nitrogens is 1. The Bertz CT molecular complexity index is 338. The molecule has 0 aliphatic carbocycles. The van der Waals surface area contributed by atoms with Crippen LogP contribution >= 0.6 is 11.3 Å². The number of nitrogens with one attached hydrogen (secondary N) is 1. The van der Waals surface area contributed by atoms with Crippen molar-refractivity contribution in [2.24, 2.45) is 0 Å². The zero-order chi connectivity index (χ0) is 11.8. The van der Waals surface area contributed by atoms with Gasteiger partial charge in [0.05, 0.1) is 0 Å². The molecule has 0 saturated carbocycles. The lowest BCUT2D eigenvalue weighted by Crippen LogP contribution is -2.13. The van der Waals surface area contributed by atoms with Crippen LogP contribution in [0.25, 0.3) is 0 Å². The first-order valence-electron chi connectivity index (χ1n) is 5.50. The van der Waals surface area contributed by atoms with E-state index in [1.807, 2.05) is 25.2 Å². The van der Waals surface area contributed by atoms with Gasteiger partial charge in [0, 0.05) is 38.1 Å². The second kappa shape index (κ2) is 7.26. The maximum Gasteiger partial charge on any atom is 0.185 e. The van der Waals surface area contributed by atoms with Gasteiger partial charge in [0.2, 0.25) is 0 Å². The van der Waals surface area contributed by atoms with Crippen LogP contribution in [-0.4, -0.2) is 25.6 Å². The molecular formula is C12H19N3S. The smallest absolute Gasteiger partial charge is 0.185 e. The number of rotatable bonds is 7. The zero-order valence-corrected chi connectivity index (χ0v) is 10.8. The van der Waals surface area contributed by atoms with Crippen LogP contribution in [0.2, 0.25) is 0 Å². The molecule has 0 aromatic carbocycles. The van der Waals surface area contributed by atoms with Crippen molar-refractivity contribution in [2.45, 2.75) is 25.8 Å². The number of unbranched alkanes of at least 4 members (excludes halogenated alkanes) is 2. The van der Waals surface area contributed by atoms with Gasteiger partial charge < -0.3 is 10.2 Å². The summed E-state index contributed by atoms with van der Waals surface area (Å²) in [6.45, 7) is 1.93. The van der Waals surface area contributed by atoms with E-state index in [1.54, 1.807) is 11.3 Å². The third kappa shape index (κ3) is 4.65. The molecule has 4 heteroatoms. The molecule has 1 aromatic heterocycles. The highest BCUT2D eigenvalue weighted by molar-refractivity contribution is 7.15. The van der Waals surface area contributed by atoms with Gasteiger partial charge >= 0.3 is 0 Å². The molecule has 0 bridgehead atoms. The fraction of sp³-hybridized carbons (Fsp3) is 0.583. The summed E-state index contributed by atoms with van der Waals surface area (Å²) in [5.74, 6) is 2.65. The topological polar surface area (TPSA) is 28.2 Å². The standard InChI is InChI=1S/C12H19N3S/c1-4-5-6-7-8-13-9-11-10-14-12(16-11)15(2)3/h1,10,13H,5-9H2,2-3H3. The molecule has 0 unspecified atom stereocenters. The van der Waals surface area contributed by atoms with Crippen molar-refractivity contribution in [3.8, 4) is 12.3 Å². The number of terminal acetylenes is 1. The van der Waals surface area contributed by atoms with Crippen LogP contribution in [0, 0.1) is 12.3 Å². The van der Waals surface area contributed by atoms with Gasteiger partial charge in [-0.1, -0.05) is 0 Å². The fourth-order valence-corrected chi connectivity index (χ4v) is 2.08. The average molecular weight is 237 g/mol. The van der Waals surface area contributed by atoms with E-state index < -0.39 is 0 Å². The maximum absolute atomic E-state index is 5.18. The Kier molecular flexibility index (Phi) is 5.91. The molecule has 16 heavy (non-hydrogen) atoms. The normalized spacial score (nSPS) is 10.1. The molecule has 0 saturated heterocycles. The summed E-state index contributed by atoms with van der Waals surface area (Å²) in [7, 11) is 4.02. The van der Waals surface area contributed by atoms with E-state index in [0.29, 0.717) is 0 Å². The summed E-state index contributed by atoms with van der Waals surface area (Å²) in [6.07, 6.45) is 10.3. The fourth-order valence-electron chi connectivity index (χ4n) is 1.27. The molecule has 1 rings (SSSR count). The molecule has 1 aromatic rings. The molecule has 0 aliphatic rings. The lowest BCUT2D eigenvalue weighted by Gasteiger charge is -2.05. The van der Waals surface area contributed by atoms with Crippen LogP contribution in [-0.2, 0) is 6.54 Å². The van der Waals surface area contributed by atoms with Crippen molar-refractivity contribution in [1.82, 2.24) is 10.3 Å². The molecule has 1 N–H and O–H groups in total. The van der Waals surface area contributed by atoms with Crippen LogP contribution < -0.4 is 10.2 Å². The van der Waals surface area contributed by atoms with E-state index in [1.165, 1.54) is 4.88 Å². The number of nitrogens with zero attached hydrogens (tertiary/aromatic N) is 2. The van der Waals surface area contributed by atoms with E-state index in [0.717, 1.165) is 37.5 Å². The maximum atomic E-state index is 5.18. The van der Waals surface area contributed by atoms with E-state index in [-0.39, 0.29) is 0 Å². The molecule has 0 fully saturated rings. The molecule has 0 aliphatic heterocycles. The van der Waals surface area contributed by atoms with Crippen molar-refractivity contribution in [3.63, 3.8) is 0 Å². The Morgan fingerprint density at radius 2 is 2.31 bits per heavy atom. The second-order valence-corrected chi connectivity index (χ2v) is 4.94. The molecular weight excluding hydrogens is 218 g/mol. The summed E-state index contributed by atoms with van der Waals surface area (Å²) < 4.78 is 0. The Morgan fingerprint density at radius 1 is 1.50 bits per heavy atom. The molecule has 0 atom stereocenters. The zero-order valence-electron chi connectivity index (χ0n) is 9.99. The largest absolute Gasteiger partial charge is 0.354 e. The first kappa shape index (κ1) is 13.0. The second-order valence-electron chi connectivity index (χ2n) is 3.84. The Balaban J connectivity index is 2.15. The van der Waals surface area contributed by atoms with Gasteiger partial charge in [-0.05, 0) is 19.4 Å². The number of anilines is 1. The third-order valence-electron chi connectivity index (χ3n) is 2.15. The summed E-state index contributed by atoms with van der Waals surface area (Å²) in [4.78, 5) is 7.63. The highest BCUT2D eigenvalue weighted by Gasteiger charge is 2.02. The van der Waals surface area contributed by atoms with Crippen LogP contribution in [0.4, 0.5) is 5.13 Å². The first-order chi connectivity index (χ1) is 7.74. The molecule has 0 amide bonds. The van der Waals surface area contributed by atoms with E-state index in [9.17, 15) is 0 Å². The first-order valence-corrected chi connectivity index (χ1v) is 6.32. The van der Waals surface area contributed by atoms with Crippen molar-refractivity contribution < 1.29 is 0 Å². The van der Waals surface area contributed by atoms with Gasteiger partial charge in [0.15, 0.2) is 5.13 Å². The van der Waals surface area contributed by atoms with Gasteiger partial charge in [-0.3, -0.25) is 0 Å². The summed E-state index contributed by atoms with van der Waals surface area (Å²) in [6, 6.07) is 0. The summed E-state index contributed by atoms with van der Waals surface area (Å²) >= 11 is 1.73. The third-order valence-corrected chi connectivity index (χ3v) is 3.31. The Morgan fingerprint density at radius 3 is 2.94 bits per heavy atom. The van der Waals surface area contributed by atoms with Crippen LogP contribution in [0.15, 0.2) is 6.20 Å². The van der Waals surface area contributed by atoms with Gasteiger partial charge in [-0.2, -0.15) is 0 Å². The molecule has 3 nitrogen and oxygen atoms in total. The van der Waals surface area contributed by atoms with Gasteiger partial charge in [-0.25, -0.2) is 4.98 Å². The van der Waals surface area contributed by atoms with Gasteiger partial charge in [0.25, 0.3) is 0 Å². The molecule has 0 radical (unpaired) electrons. The van der Waals surface area contributed by atoms with Crippen molar-refractivity contribution in [3.05, 3.63) is 11.1 Å². The number of hydrogen-bond acceptors (Lipinski definition) is 4. The minimum atomic E-state index is 0.882. The highest BCUT2D eigenvalue weighted by Crippen LogP contribution is 2.19. The summed E-state index contributed by atoms with van der Waals surface area (Å²) in [5, 5.41) is 4.46. The van der Waals surface area contributed by atoms with Crippen LogP contribution in [0.1, 0.15) is 24.1 Å². The minimum Gasteiger partial charge on any atom is -0.354 e. The Hall–Kier alpha value is -1.05. The summed E-state index contributed by atoms with van der Waals surface area (Å²) in [5.41, 5.74) is 0. The van der Waals surface area contributed by atoms with Crippen LogP contribution in [0.5, 0.6) is 0 Å². The molecule has 0 spiro atoms. The molecule has 88 valence electrons. The number of thiazole rings is 1. The highest BCUT2D eigenvalue weighted by atomic mass is 32.1. The van der Waals surface area contributed by atoms with Crippen molar-refractivity contribution in [1.29, 1.82) is 0 Å². The van der Waals surface area contributed by atoms with E-state index in [4.69, 9.17) is 6.42 Å². The Labute approximate surface area is 102 Å². The monoisotopic (exact) mass is 237 g/mol. The van der Waals surface area contributed by atoms with E-state index in [2.05, 4.69) is 16.2 Å². The molecule has 1 heterocycles. The van der Waals surface area contributed by atoms with E-state index >= 15 is 0 Å². The van der Waals surface area contributed by atoms with Crippen molar-refractivity contribution >= 4 is 16.5 Å². The predicted molar refractivity (Wildman–Crippen MR) is 70.8 cm³/mol.